The van der Waals surface area contributed by atoms with Gasteiger partial charge in [-0.15, -0.1) is 0 Å². The fourth-order valence-electron chi connectivity index (χ4n) is 5.73. The van der Waals surface area contributed by atoms with Crippen molar-refractivity contribution < 1.29 is 9.90 Å². The smallest absolute Gasteiger partial charge is 0.309 e. The number of rotatable bonds is 1. The Hall–Kier alpha value is -0.530. The number of carboxylic acid groups (broad SMARTS) is 1. The molecule has 0 aliphatic heterocycles. The van der Waals surface area contributed by atoms with Crippen molar-refractivity contribution in [2.24, 2.45) is 28.1 Å². The Labute approximate surface area is 97.4 Å². The third-order valence-electron chi connectivity index (χ3n) is 6.01. The van der Waals surface area contributed by atoms with Crippen LogP contribution in [0.1, 0.15) is 52.9 Å². The monoisotopic (exact) mass is 222 g/mol. The molecule has 2 heteroatoms. The van der Waals surface area contributed by atoms with Gasteiger partial charge in [0.15, 0.2) is 0 Å². The van der Waals surface area contributed by atoms with Crippen LogP contribution in [0.15, 0.2) is 0 Å². The van der Waals surface area contributed by atoms with Crippen molar-refractivity contribution in [2.45, 2.75) is 52.9 Å². The highest BCUT2D eigenvalue weighted by Crippen LogP contribution is 2.71. The Balaban J connectivity index is 2.08. The van der Waals surface area contributed by atoms with Crippen molar-refractivity contribution in [2.75, 3.05) is 0 Å². The minimum absolute atomic E-state index is 0.284. The predicted octanol–water partition coefficient (Wildman–Crippen LogP) is 3.31. The van der Waals surface area contributed by atoms with Crippen LogP contribution in [-0.4, -0.2) is 11.1 Å². The largest absolute Gasteiger partial charge is 0.481 e. The molecule has 4 fully saturated rings. The van der Waals surface area contributed by atoms with Crippen LogP contribution in [0.2, 0.25) is 0 Å². The second-order valence-corrected chi connectivity index (χ2v) is 7.54. The van der Waals surface area contributed by atoms with E-state index >= 15 is 0 Å². The number of carbonyl (C=O) groups is 1. The van der Waals surface area contributed by atoms with Crippen molar-refractivity contribution in [3.05, 3.63) is 0 Å². The first kappa shape index (κ1) is 10.6. The summed E-state index contributed by atoms with van der Waals surface area (Å²) in [6.45, 7) is 7.00. The fourth-order valence-corrected chi connectivity index (χ4v) is 5.73. The fraction of sp³-hybridized carbons (Fsp3) is 0.929. The molecule has 16 heavy (non-hydrogen) atoms. The number of aliphatic carboxylic acids is 1. The minimum atomic E-state index is -0.527. The maximum absolute atomic E-state index is 11.6. The Bertz CT molecular complexity index is 364. The number of hydrogen-bond donors (Lipinski definition) is 1. The molecule has 5 atom stereocenters. The third kappa shape index (κ3) is 1.11. The molecule has 0 spiro atoms. The lowest BCUT2D eigenvalue weighted by Gasteiger charge is -2.66. The van der Waals surface area contributed by atoms with Gasteiger partial charge in [-0.25, -0.2) is 0 Å². The number of hydrogen-bond acceptors (Lipinski definition) is 1. The second-order valence-electron chi connectivity index (χ2n) is 7.54. The Kier molecular flexibility index (Phi) is 1.76. The van der Waals surface area contributed by atoms with Gasteiger partial charge in [-0.1, -0.05) is 20.8 Å². The van der Waals surface area contributed by atoms with Gasteiger partial charge in [-0.2, -0.15) is 0 Å². The first-order valence-corrected chi connectivity index (χ1v) is 6.52. The molecule has 4 rings (SSSR count). The summed E-state index contributed by atoms with van der Waals surface area (Å²) in [7, 11) is 0. The second kappa shape index (κ2) is 2.65. The third-order valence-corrected chi connectivity index (χ3v) is 6.01. The van der Waals surface area contributed by atoms with Crippen molar-refractivity contribution in [3.8, 4) is 0 Å². The van der Waals surface area contributed by atoms with Crippen LogP contribution in [0.4, 0.5) is 0 Å². The van der Waals surface area contributed by atoms with Crippen LogP contribution in [0, 0.1) is 28.1 Å². The lowest BCUT2D eigenvalue weighted by molar-refractivity contribution is -0.200. The highest BCUT2D eigenvalue weighted by molar-refractivity contribution is 5.75. The molecule has 90 valence electrons. The normalized spacial score (nSPS) is 58.9. The van der Waals surface area contributed by atoms with Gasteiger partial charge >= 0.3 is 5.97 Å². The average molecular weight is 222 g/mol. The molecule has 0 aromatic carbocycles. The van der Waals surface area contributed by atoms with Crippen molar-refractivity contribution in [3.63, 3.8) is 0 Å². The van der Waals surface area contributed by atoms with Gasteiger partial charge < -0.3 is 5.11 Å². The van der Waals surface area contributed by atoms with E-state index in [1.165, 1.54) is 12.8 Å². The van der Waals surface area contributed by atoms with Crippen LogP contribution < -0.4 is 0 Å². The molecule has 0 radical (unpaired) electrons. The van der Waals surface area contributed by atoms with Gasteiger partial charge in [0.2, 0.25) is 0 Å². The molecule has 1 N–H and O–H groups in total. The van der Waals surface area contributed by atoms with E-state index in [1.54, 1.807) is 0 Å². The summed E-state index contributed by atoms with van der Waals surface area (Å²) in [5.41, 5.74) is 0.213. The predicted molar refractivity (Wildman–Crippen MR) is 62.0 cm³/mol. The van der Waals surface area contributed by atoms with Gasteiger partial charge in [0.25, 0.3) is 0 Å². The molecule has 4 saturated carbocycles. The Morgan fingerprint density at radius 1 is 1.19 bits per heavy atom. The van der Waals surface area contributed by atoms with Gasteiger partial charge in [0, 0.05) is 0 Å². The van der Waals surface area contributed by atoms with Crippen LogP contribution in [0.25, 0.3) is 0 Å². The van der Waals surface area contributed by atoms with E-state index in [2.05, 4.69) is 20.8 Å². The topological polar surface area (TPSA) is 37.3 Å². The van der Waals surface area contributed by atoms with Crippen LogP contribution in [-0.2, 0) is 4.79 Å². The molecule has 0 heterocycles. The van der Waals surface area contributed by atoms with Crippen molar-refractivity contribution >= 4 is 5.97 Å². The zero-order valence-corrected chi connectivity index (χ0v) is 10.5. The van der Waals surface area contributed by atoms with E-state index in [9.17, 15) is 9.90 Å². The minimum Gasteiger partial charge on any atom is -0.481 e. The molecule has 2 nitrogen and oxygen atoms in total. The molecule has 4 aliphatic rings. The molecular weight excluding hydrogens is 200 g/mol. The summed E-state index contributed by atoms with van der Waals surface area (Å²) in [6, 6.07) is 0. The summed E-state index contributed by atoms with van der Waals surface area (Å²) in [4.78, 5) is 11.6. The van der Waals surface area contributed by atoms with Gasteiger partial charge in [-0.05, 0) is 54.8 Å². The maximum atomic E-state index is 11.6. The summed E-state index contributed by atoms with van der Waals surface area (Å²) < 4.78 is 0. The first-order valence-electron chi connectivity index (χ1n) is 6.52. The average Bonchev–Trinajstić information content (AvgIpc) is 2.10. The summed E-state index contributed by atoms with van der Waals surface area (Å²) >= 11 is 0. The molecule has 5 unspecified atom stereocenters. The molecular formula is C14H22O2. The quantitative estimate of drug-likeness (QED) is 0.739. The Morgan fingerprint density at radius 3 is 2.44 bits per heavy atom. The molecule has 0 amide bonds. The van der Waals surface area contributed by atoms with Crippen LogP contribution in [0.5, 0.6) is 0 Å². The summed E-state index contributed by atoms with van der Waals surface area (Å²) in [5.74, 6) is 0.844. The SMILES string of the molecule is CC1C2CC3(C)CC(C(=O)O)(C2)CC1(C)C3. The van der Waals surface area contributed by atoms with Crippen LogP contribution in [0.3, 0.4) is 0 Å². The highest BCUT2D eigenvalue weighted by Gasteiger charge is 2.65. The molecule has 0 saturated heterocycles. The molecule has 0 aromatic rings. The molecule has 4 aliphatic carbocycles. The van der Waals surface area contributed by atoms with E-state index < -0.39 is 5.97 Å². The van der Waals surface area contributed by atoms with Gasteiger partial charge in [0.1, 0.15) is 0 Å². The van der Waals surface area contributed by atoms with E-state index in [4.69, 9.17) is 0 Å². The lowest BCUT2D eigenvalue weighted by atomic mass is 9.37. The summed E-state index contributed by atoms with van der Waals surface area (Å²) in [6.07, 6.45) is 5.29. The standard InChI is InChI=1S/C14H22O2/c1-9-10-4-12(2)6-13(9,3)8-14(5-10,7-12)11(15)16/h9-10H,4-8H2,1-3H3,(H,15,16). The zero-order chi connectivity index (χ0) is 11.8. The van der Waals surface area contributed by atoms with E-state index in [0.717, 1.165) is 19.3 Å². The lowest BCUT2D eigenvalue weighted by Crippen LogP contribution is -2.61. The molecule has 4 bridgehead atoms. The number of carboxylic acids is 1. The van der Waals surface area contributed by atoms with Gasteiger partial charge in [-0.3, -0.25) is 4.79 Å². The first-order chi connectivity index (χ1) is 7.29. The van der Waals surface area contributed by atoms with E-state index in [0.29, 0.717) is 17.3 Å². The van der Waals surface area contributed by atoms with Crippen molar-refractivity contribution in [1.29, 1.82) is 0 Å². The molecule has 0 aromatic heterocycles. The van der Waals surface area contributed by atoms with E-state index in [-0.39, 0.29) is 10.8 Å². The van der Waals surface area contributed by atoms with Gasteiger partial charge in [0.05, 0.1) is 5.41 Å². The maximum Gasteiger partial charge on any atom is 0.309 e. The highest BCUT2D eigenvalue weighted by atomic mass is 16.4. The Morgan fingerprint density at radius 2 is 1.88 bits per heavy atom. The van der Waals surface area contributed by atoms with Crippen molar-refractivity contribution in [1.82, 2.24) is 0 Å². The zero-order valence-electron chi connectivity index (χ0n) is 10.5. The summed E-state index contributed by atoms with van der Waals surface area (Å²) in [5, 5.41) is 9.59. The van der Waals surface area contributed by atoms with Crippen LogP contribution >= 0.6 is 0 Å². The van der Waals surface area contributed by atoms with E-state index in [1.807, 2.05) is 0 Å².